The van der Waals surface area contributed by atoms with Gasteiger partial charge in [-0.05, 0) is 6.42 Å². The summed E-state index contributed by atoms with van der Waals surface area (Å²) in [5.41, 5.74) is -1.91. The fourth-order valence-corrected chi connectivity index (χ4v) is 7.19. The van der Waals surface area contributed by atoms with Crippen LogP contribution < -0.4 is 16.0 Å². The van der Waals surface area contributed by atoms with Crippen LogP contribution in [0.2, 0.25) is 0 Å². The predicted molar refractivity (Wildman–Crippen MR) is 260 cm³/mol. The van der Waals surface area contributed by atoms with E-state index in [4.69, 9.17) is 56.8 Å². The highest BCUT2D eigenvalue weighted by molar-refractivity contribution is 5.86. The van der Waals surface area contributed by atoms with E-state index in [2.05, 4.69) is 16.0 Å². The average Bonchev–Trinajstić information content (AvgIpc) is 3.34. The van der Waals surface area contributed by atoms with E-state index in [1.807, 2.05) is 0 Å². The lowest BCUT2D eigenvalue weighted by molar-refractivity contribution is -0.203. The topological polar surface area (TPSA) is 464 Å². The number of aliphatic hydroxyl groups is 3. The number of carbonyl (C=O) groups is 15. The Hall–Kier alpha value is -8.07. The van der Waals surface area contributed by atoms with Crippen LogP contribution >= 0.6 is 0 Å². The third kappa shape index (κ3) is 27.6. The summed E-state index contributed by atoms with van der Waals surface area (Å²) in [7, 11) is 0. The molecular formula is C48H71N3O30. The Bertz CT molecular complexity index is 2270. The van der Waals surface area contributed by atoms with Crippen molar-refractivity contribution in [1.82, 2.24) is 16.0 Å². The minimum absolute atomic E-state index is 0.337. The fraction of sp³-hybridized carbons (Fsp3) is 0.688. The Morgan fingerprint density at radius 2 is 0.642 bits per heavy atom. The summed E-state index contributed by atoms with van der Waals surface area (Å²) in [4.78, 5) is 190. The molecule has 33 heteroatoms. The van der Waals surface area contributed by atoms with Crippen molar-refractivity contribution in [3.05, 3.63) is 0 Å². The quantitative estimate of drug-likeness (QED) is 0.0263. The maximum absolute atomic E-state index is 14.5. The number of hydrogen-bond acceptors (Lipinski definition) is 30. The Labute approximate surface area is 463 Å². The second-order valence-corrected chi connectivity index (χ2v) is 17.6. The van der Waals surface area contributed by atoms with E-state index < -0.39 is 207 Å². The molecule has 0 aromatic rings. The third-order valence-electron chi connectivity index (χ3n) is 10.6. The maximum Gasteiger partial charge on any atom is 0.303 e. The molecule has 458 valence electrons. The first-order chi connectivity index (χ1) is 37.5. The van der Waals surface area contributed by atoms with Gasteiger partial charge in [0.2, 0.25) is 12.2 Å². The molecule has 6 N–H and O–H groups in total. The first kappa shape index (κ1) is 72.9. The lowest BCUT2D eigenvalue weighted by atomic mass is 9.84. The van der Waals surface area contributed by atoms with Crippen molar-refractivity contribution >= 4 is 89.4 Å². The normalized spacial score (nSPS) is 16.0. The van der Waals surface area contributed by atoms with E-state index in [0.717, 1.165) is 83.1 Å². The second-order valence-electron chi connectivity index (χ2n) is 17.6. The highest BCUT2D eigenvalue weighted by Crippen LogP contribution is 2.25. The van der Waals surface area contributed by atoms with Crippen LogP contribution in [-0.4, -0.2) is 217 Å². The van der Waals surface area contributed by atoms with E-state index in [-0.39, 0.29) is 6.42 Å². The molecule has 81 heavy (non-hydrogen) atoms. The number of carbonyl (C=O) groups excluding carboxylic acids is 15. The van der Waals surface area contributed by atoms with Crippen LogP contribution in [0.5, 0.6) is 0 Å². The summed E-state index contributed by atoms with van der Waals surface area (Å²) < 4.78 is 61.8. The van der Waals surface area contributed by atoms with E-state index in [1.165, 1.54) is 6.92 Å². The number of aliphatic hydroxyl groups excluding tert-OH is 3. The fourth-order valence-electron chi connectivity index (χ4n) is 7.19. The van der Waals surface area contributed by atoms with Crippen molar-refractivity contribution in [3.8, 4) is 0 Å². The Morgan fingerprint density at radius 1 is 0.358 bits per heavy atom. The second kappa shape index (κ2) is 35.5. The van der Waals surface area contributed by atoms with Gasteiger partial charge in [-0.3, -0.25) is 71.9 Å². The molecule has 13 unspecified atom stereocenters. The number of ether oxygens (including phenoxy) is 12. The zero-order valence-electron chi connectivity index (χ0n) is 46.7. The minimum atomic E-state index is -2.61. The standard InChI is InChI=1S/C48H71N3O30/c1-14-48(18-49-45(67)37(66)40(77-28(9)60)36(65)34(73-24(5)56)16-70-21(2)53,19-50-46(68)43(80-31(12)63)41(78-29(10)61)38(75-26(7)58)33(15-52)72-23(4)55)20-51-47(69)44(81-32(13)64)42(79-30(11)62)39(76-27(8)59)35(74-25(6)57)17-71-22(3)54/h33-44,52,65-66H,14-20H2,1-13H3,(H,49,67)(H,50,68)(H,51,69). The molecule has 0 saturated carbocycles. The van der Waals surface area contributed by atoms with Crippen LogP contribution in [0.3, 0.4) is 0 Å². The molecule has 0 fully saturated rings. The Balaban J connectivity index is 8.18. The first-order valence-electron chi connectivity index (χ1n) is 24.3. The van der Waals surface area contributed by atoms with Gasteiger partial charge in [0.25, 0.3) is 17.7 Å². The highest BCUT2D eigenvalue weighted by atomic mass is 16.7. The zero-order valence-corrected chi connectivity index (χ0v) is 46.7. The van der Waals surface area contributed by atoms with Crippen LogP contribution in [0, 0.1) is 5.41 Å². The van der Waals surface area contributed by atoms with Crippen molar-refractivity contribution in [2.24, 2.45) is 5.41 Å². The van der Waals surface area contributed by atoms with Crippen molar-refractivity contribution in [2.75, 3.05) is 39.5 Å². The van der Waals surface area contributed by atoms with Gasteiger partial charge in [0, 0.05) is 108 Å². The van der Waals surface area contributed by atoms with Gasteiger partial charge in [-0.1, -0.05) is 6.92 Å². The minimum Gasteiger partial charge on any atom is -0.462 e. The monoisotopic (exact) mass is 1170 g/mol. The Kier molecular flexibility index (Phi) is 32.0. The van der Waals surface area contributed by atoms with E-state index >= 15 is 0 Å². The van der Waals surface area contributed by atoms with Crippen molar-refractivity contribution in [2.45, 2.75) is 170 Å². The highest BCUT2D eigenvalue weighted by Gasteiger charge is 2.50. The molecule has 0 aliphatic carbocycles. The maximum atomic E-state index is 14.5. The summed E-state index contributed by atoms with van der Waals surface area (Å²) in [6.07, 6.45) is -26.8. The van der Waals surface area contributed by atoms with Crippen molar-refractivity contribution in [3.63, 3.8) is 0 Å². The number of rotatable bonds is 34. The first-order valence-corrected chi connectivity index (χ1v) is 24.3. The van der Waals surface area contributed by atoms with Gasteiger partial charge in [0.05, 0.1) is 6.61 Å². The van der Waals surface area contributed by atoms with Gasteiger partial charge < -0.3 is 88.1 Å². The molecule has 13 atom stereocenters. The summed E-state index contributed by atoms with van der Waals surface area (Å²) in [5, 5.41) is 39.8. The van der Waals surface area contributed by atoms with Crippen LogP contribution in [-0.2, 0) is 129 Å². The van der Waals surface area contributed by atoms with Crippen LogP contribution in [0.15, 0.2) is 0 Å². The molecule has 0 aromatic heterocycles. The summed E-state index contributed by atoms with van der Waals surface area (Å²) in [6.45, 7) is 6.05. The van der Waals surface area contributed by atoms with Gasteiger partial charge in [-0.15, -0.1) is 0 Å². The zero-order chi connectivity index (χ0) is 62.6. The SMILES string of the molecule is CCC(CNC(=O)C(O)C(OC(C)=O)C(O)C(COC(C)=O)OC(C)=O)(CNC(=O)C(OC(C)=O)C(OC(C)=O)C(OC(C)=O)C(CO)OC(C)=O)CNC(=O)C(OC(C)=O)C(OC(C)=O)C(OC(C)=O)C(COC(C)=O)OC(C)=O. The molecule has 0 rings (SSSR count). The third-order valence-corrected chi connectivity index (χ3v) is 10.6. The van der Waals surface area contributed by atoms with Gasteiger partial charge >= 0.3 is 71.6 Å². The van der Waals surface area contributed by atoms with Crippen molar-refractivity contribution < 1.29 is 144 Å². The molecule has 33 nitrogen and oxygen atoms in total. The molecule has 0 bridgehead atoms. The van der Waals surface area contributed by atoms with Gasteiger partial charge in [0.1, 0.15) is 19.3 Å². The van der Waals surface area contributed by atoms with Crippen LogP contribution in [0.4, 0.5) is 0 Å². The largest absolute Gasteiger partial charge is 0.462 e. The summed E-state index contributed by atoms with van der Waals surface area (Å²) in [6, 6.07) is 0. The van der Waals surface area contributed by atoms with Crippen LogP contribution in [0.1, 0.15) is 96.4 Å². The smallest absolute Gasteiger partial charge is 0.303 e. The number of esters is 12. The molecule has 0 spiro atoms. The summed E-state index contributed by atoms with van der Waals surface area (Å²) in [5.74, 6) is -18.0. The van der Waals surface area contributed by atoms with Gasteiger partial charge in [-0.25, -0.2) is 0 Å². The predicted octanol–water partition coefficient (Wildman–Crippen LogP) is -4.11. The Morgan fingerprint density at radius 3 is 0.963 bits per heavy atom. The van der Waals surface area contributed by atoms with Gasteiger partial charge in [0.15, 0.2) is 54.9 Å². The molecule has 0 aliphatic heterocycles. The number of amides is 3. The van der Waals surface area contributed by atoms with Crippen LogP contribution in [0.25, 0.3) is 0 Å². The van der Waals surface area contributed by atoms with Gasteiger partial charge in [-0.2, -0.15) is 0 Å². The number of hydrogen-bond donors (Lipinski definition) is 6. The molecule has 3 amide bonds. The summed E-state index contributed by atoms with van der Waals surface area (Å²) >= 11 is 0. The lowest BCUT2D eigenvalue weighted by Crippen LogP contribution is -2.60. The molecule has 0 aromatic carbocycles. The van der Waals surface area contributed by atoms with E-state index in [9.17, 15) is 87.2 Å². The molecule has 0 heterocycles. The molecule has 0 saturated heterocycles. The van der Waals surface area contributed by atoms with Crippen molar-refractivity contribution in [1.29, 1.82) is 0 Å². The van der Waals surface area contributed by atoms with E-state index in [0.29, 0.717) is 0 Å². The number of nitrogens with one attached hydrogen (secondary N) is 3. The average molecular weight is 1170 g/mol. The molecule has 0 aliphatic rings. The molecule has 0 radical (unpaired) electrons. The molecular weight excluding hydrogens is 1100 g/mol. The van der Waals surface area contributed by atoms with E-state index in [1.54, 1.807) is 0 Å². The lowest BCUT2D eigenvalue weighted by Gasteiger charge is -2.38.